The number of rotatable bonds is 2. The van der Waals surface area contributed by atoms with Crippen molar-refractivity contribution in [3.8, 4) is 11.5 Å². The summed E-state index contributed by atoms with van der Waals surface area (Å²) < 4.78 is 0. The Morgan fingerprint density at radius 1 is 1.60 bits per heavy atom. The van der Waals surface area contributed by atoms with Gasteiger partial charge in [0.05, 0.1) is 11.1 Å². The monoisotopic (exact) mass is 222 g/mol. The fraction of sp³-hybridized carbons (Fsp3) is 0.222. The van der Waals surface area contributed by atoms with Crippen molar-refractivity contribution in [2.24, 2.45) is 0 Å². The number of anilines is 1. The van der Waals surface area contributed by atoms with Gasteiger partial charge in [-0.25, -0.2) is 9.97 Å². The summed E-state index contributed by atoms with van der Waals surface area (Å²) in [5, 5.41) is 1.81. The molecule has 0 amide bonds. The maximum absolute atomic E-state index is 11.6. The average Bonchev–Trinajstić information content (AvgIpc) is 2.69. The Hall–Kier alpha value is -1.69. The number of nitrogen functional groups attached to an aromatic ring is 1. The van der Waals surface area contributed by atoms with Crippen LogP contribution in [0.5, 0.6) is 0 Å². The second-order valence-corrected chi connectivity index (χ2v) is 3.72. The number of aromatic amines is 1. The third-order valence-corrected chi connectivity index (χ3v) is 2.66. The molecule has 78 valence electrons. The van der Waals surface area contributed by atoms with Crippen molar-refractivity contribution in [1.29, 1.82) is 0 Å². The molecule has 0 saturated heterocycles. The minimum atomic E-state index is -0.187. The van der Waals surface area contributed by atoms with Gasteiger partial charge in [0.25, 0.3) is 5.56 Å². The molecule has 2 aromatic heterocycles. The first-order valence-electron chi connectivity index (χ1n) is 4.49. The van der Waals surface area contributed by atoms with E-state index < -0.39 is 0 Å². The van der Waals surface area contributed by atoms with E-state index in [2.05, 4.69) is 15.0 Å². The number of hydrogen-bond acceptors (Lipinski definition) is 5. The first kappa shape index (κ1) is 9.85. The van der Waals surface area contributed by atoms with Gasteiger partial charge < -0.3 is 10.7 Å². The maximum Gasteiger partial charge on any atom is 0.256 e. The van der Waals surface area contributed by atoms with E-state index in [1.165, 1.54) is 11.3 Å². The molecule has 0 aliphatic rings. The molecule has 0 bridgehead atoms. The van der Waals surface area contributed by atoms with Crippen LogP contribution in [0.3, 0.4) is 0 Å². The number of H-pyrrole nitrogens is 1. The normalized spacial score (nSPS) is 10.5. The zero-order valence-electron chi connectivity index (χ0n) is 8.15. The molecule has 0 atom stereocenters. The van der Waals surface area contributed by atoms with Crippen LogP contribution in [0.15, 0.2) is 15.7 Å². The molecule has 2 heterocycles. The molecule has 2 rings (SSSR count). The Labute approximate surface area is 90.0 Å². The van der Waals surface area contributed by atoms with Gasteiger partial charge in [0.1, 0.15) is 11.5 Å². The molecule has 15 heavy (non-hydrogen) atoms. The van der Waals surface area contributed by atoms with Crippen LogP contribution in [0.25, 0.3) is 11.5 Å². The predicted octanol–water partition coefficient (Wildman–Crippen LogP) is 1.04. The fourth-order valence-electron chi connectivity index (χ4n) is 1.31. The minimum absolute atomic E-state index is 0.187. The maximum atomic E-state index is 11.6. The van der Waals surface area contributed by atoms with E-state index in [-0.39, 0.29) is 11.4 Å². The summed E-state index contributed by atoms with van der Waals surface area (Å²) >= 11 is 1.44. The number of hydrogen-bond donors (Lipinski definition) is 2. The SMILES string of the molecule is CCc1c(N)nc(-c2cscn2)[nH]c1=O. The Balaban J connectivity index is 2.58. The van der Waals surface area contributed by atoms with Gasteiger partial charge >= 0.3 is 0 Å². The van der Waals surface area contributed by atoms with Crippen molar-refractivity contribution in [2.75, 3.05) is 5.73 Å². The van der Waals surface area contributed by atoms with Crippen molar-refractivity contribution in [3.63, 3.8) is 0 Å². The van der Waals surface area contributed by atoms with Gasteiger partial charge in [0.2, 0.25) is 0 Å². The number of nitrogens with one attached hydrogen (secondary N) is 1. The van der Waals surface area contributed by atoms with Crippen molar-refractivity contribution < 1.29 is 0 Å². The standard InChI is InChI=1S/C9H10N4OS/c1-2-5-7(10)12-8(13-9(5)14)6-3-15-4-11-6/h3-4H,2H2,1H3,(H3,10,12,13,14). The Morgan fingerprint density at radius 2 is 2.40 bits per heavy atom. The Kier molecular flexibility index (Phi) is 2.51. The summed E-state index contributed by atoms with van der Waals surface area (Å²) in [4.78, 5) is 22.4. The lowest BCUT2D eigenvalue weighted by molar-refractivity contribution is 1.01. The first-order chi connectivity index (χ1) is 7.22. The predicted molar refractivity (Wildman–Crippen MR) is 59.8 cm³/mol. The highest BCUT2D eigenvalue weighted by Gasteiger charge is 2.09. The van der Waals surface area contributed by atoms with Gasteiger partial charge in [-0.05, 0) is 6.42 Å². The molecule has 0 radical (unpaired) electrons. The smallest absolute Gasteiger partial charge is 0.256 e. The lowest BCUT2D eigenvalue weighted by atomic mass is 10.2. The molecule has 0 aromatic carbocycles. The summed E-state index contributed by atoms with van der Waals surface area (Å²) in [7, 11) is 0. The fourth-order valence-corrected chi connectivity index (χ4v) is 1.84. The summed E-state index contributed by atoms with van der Waals surface area (Å²) in [5.74, 6) is 0.709. The van der Waals surface area contributed by atoms with Gasteiger partial charge in [-0.1, -0.05) is 6.92 Å². The highest BCUT2D eigenvalue weighted by Crippen LogP contribution is 2.15. The third kappa shape index (κ3) is 1.75. The highest BCUT2D eigenvalue weighted by molar-refractivity contribution is 7.07. The van der Waals surface area contributed by atoms with E-state index in [9.17, 15) is 4.79 Å². The molecular weight excluding hydrogens is 212 g/mol. The van der Waals surface area contributed by atoms with E-state index in [1.54, 1.807) is 5.51 Å². The van der Waals surface area contributed by atoms with Gasteiger partial charge in [0, 0.05) is 5.38 Å². The molecular formula is C9H10N4OS. The molecule has 3 N–H and O–H groups in total. The van der Waals surface area contributed by atoms with Crippen LogP contribution in [0.4, 0.5) is 5.82 Å². The van der Waals surface area contributed by atoms with Crippen LogP contribution < -0.4 is 11.3 Å². The third-order valence-electron chi connectivity index (χ3n) is 2.08. The first-order valence-corrected chi connectivity index (χ1v) is 5.44. The highest BCUT2D eigenvalue weighted by atomic mass is 32.1. The number of nitrogens with two attached hydrogens (primary N) is 1. The largest absolute Gasteiger partial charge is 0.383 e. The van der Waals surface area contributed by atoms with Crippen LogP contribution in [0, 0.1) is 0 Å². The van der Waals surface area contributed by atoms with Crippen molar-refractivity contribution in [2.45, 2.75) is 13.3 Å². The average molecular weight is 222 g/mol. The number of nitrogens with zero attached hydrogens (tertiary/aromatic N) is 2. The van der Waals surface area contributed by atoms with E-state index >= 15 is 0 Å². The van der Waals surface area contributed by atoms with Crippen LogP contribution in [0.2, 0.25) is 0 Å². The summed E-state index contributed by atoms with van der Waals surface area (Å²) in [6, 6.07) is 0. The zero-order chi connectivity index (χ0) is 10.8. The summed E-state index contributed by atoms with van der Waals surface area (Å²) in [5.41, 5.74) is 8.34. The van der Waals surface area contributed by atoms with Crippen LogP contribution in [-0.4, -0.2) is 15.0 Å². The van der Waals surface area contributed by atoms with Crippen molar-refractivity contribution >= 4 is 17.2 Å². The lowest BCUT2D eigenvalue weighted by Gasteiger charge is -2.02. The molecule has 5 nitrogen and oxygen atoms in total. The van der Waals surface area contributed by atoms with Crippen molar-refractivity contribution in [3.05, 3.63) is 26.8 Å². The Bertz CT molecular complexity index is 517. The number of aromatic nitrogens is 3. The lowest BCUT2D eigenvalue weighted by Crippen LogP contribution is -2.17. The topological polar surface area (TPSA) is 84.7 Å². The van der Waals surface area contributed by atoms with Crippen LogP contribution >= 0.6 is 11.3 Å². The van der Waals surface area contributed by atoms with Gasteiger partial charge in [-0.2, -0.15) is 0 Å². The molecule has 0 fully saturated rings. The van der Waals surface area contributed by atoms with E-state index in [0.29, 0.717) is 23.5 Å². The van der Waals surface area contributed by atoms with E-state index in [4.69, 9.17) is 5.73 Å². The molecule has 6 heteroatoms. The molecule has 0 saturated carbocycles. The van der Waals surface area contributed by atoms with Crippen molar-refractivity contribution in [1.82, 2.24) is 15.0 Å². The Morgan fingerprint density at radius 3 is 2.93 bits per heavy atom. The summed E-state index contributed by atoms with van der Waals surface area (Å²) in [6.07, 6.45) is 0.575. The number of thiazole rings is 1. The van der Waals surface area contributed by atoms with E-state index in [0.717, 1.165) is 0 Å². The second kappa shape index (κ2) is 3.82. The van der Waals surface area contributed by atoms with Crippen LogP contribution in [0.1, 0.15) is 12.5 Å². The summed E-state index contributed by atoms with van der Waals surface area (Å²) in [6.45, 7) is 1.87. The van der Waals surface area contributed by atoms with Crippen LogP contribution in [-0.2, 0) is 6.42 Å². The molecule has 2 aromatic rings. The second-order valence-electron chi connectivity index (χ2n) is 3.01. The minimum Gasteiger partial charge on any atom is -0.383 e. The quantitative estimate of drug-likeness (QED) is 0.795. The zero-order valence-corrected chi connectivity index (χ0v) is 8.97. The molecule has 0 aliphatic carbocycles. The van der Waals surface area contributed by atoms with Gasteiger partial charge in [-0.3, -0.25) is 4.79 Å². The van der Waals surface area contributed by atoms with Gasteiger partial charge in [-0.15, -0.1) is 11.3 Å². The molecule has 0 unspecified atom stereocenters. The van der Waals surface area contributed by atoms with Gasteiger partial charge in [0.15, 0.2) is 5.82 Å². The van der Waals surface area contributed by atoms with E-state index in [1.807, 2.05) is 12.3 Å². The molecule has 0 spiro atoms. The molecule has 0 aliphatic heterocycles.